The minimum Gasteiger partial charge on any atom is -0.338 e. The molecule has 100 valence electrons. The van der Waals surface area contributed by atoms with Crippen molar-refractivity contribution in [1.82, 2.24) is 25.1 Å². The van der Waals surface area contributed by atoms with Crippen molar-refractivity contribution in [3.8, 4) is 11.3 Å². The Bertz CT molecular complexity index is 570. The number of rotatable bonds is 2. The highest BCUT2D eigenvalue weighted by molar-refractivity contribution is 5.61. The largest absolute Gasteiger partial charge is 0.338 e. The Hall–Kier alpha value is -1.95. The monoisotopic (exact) mass is 258 g/mol. The van der Waals surface area contributed by atoms with Gasteiger partial charge >= 0.3 is 0 Å². The van der Waals surface area contributed by atoms with Crippen molar-refractivity contribution in [3.05, 3.63) is 24.2 Å². The normalized spacial score (nSPS) is 15.8. The van der Waals surface area contributed by atoms with Crippen LogP contribution in [0.4, 0.5) is 5.95 Å². The lowest BCUT2D eigenvalue weighted by atomic mass is 10.2. The summed E-state index contributed by atoms with van der Waals surface area (Å²) in [6, 6.07) is 1.94. The third kappa shape index (κ3) is 2.44. The number of hydrogen-bond donors (Lipinski definition) is 1. The van der Waals surface area contributed by atoms with Gasteiger partial charge < -0.3 is 10.2 Å². The first kappa shape index (κ1) is 12.1. The molecule has 1 saturated heterocycles. The van der Waals surface area contributed by atoms with E-state index in [0.717, 1.165) is 49.1 Å². The highest BCUT2D eigenvalue weighted by Gasteiger charge is 2.15. The van der Waals surface area contributed by atoms with Gasteiger partial charge in [-0.05, 0) is 13.0 Å². The van der Waals surface area contributed by atoms with Gasteiger partial charge in [0.05, 0.1) is 11.4 Å². The summed E-state index contributed by atoms with van der Waals surface area (Å²) >= 11 is 0. The summed E-state index contributed by atoms with van der Waals surface area (Å²) in [6.07, 6.45) is 3.82. The molecule has 2 aromatic heterocycles. The minimum atomic E-state index is 0.808. The molecule has 0 radical (unpaired) electrons. The maximum absolute atomic E-state index is 4.67. The molecule has 3 heterocycles. The summed E-state index contributed by atoms with van der Waals surface area (Å²) in [4.78, 5) is 11.3. The molecular weight excluding hydrogens is 240 g/mol. The lowest BCUT2D eigenvalue weighted by molar-refractivity contribution is 0.580. The molecule has 19 heavy (non-hydrogen) atoms. The Labute approximate surface area is 112 Å². The Balaban J connectivity index is 1.93. The number of nitrogens with one attached hydrogen (secondary N) is 1. The van der Waals surface area contributed by atoms with Crippen LogP contribution in [-0.2, 0) is 7.05 Å². The van der Waals surface area contributed by atoms with Crippen LogP contribution in [0.2, 0.25) is 0 Å². The van der Waals surface area contributed by atoms with E-state index in [-0.39, 0.29) is 0 Å². The van der Waals surface area contributed by atoms with Crippen molar-refractivity contribution in [1.29, 1.82) is 0 Å². The van der Waals surface area contributed by atoms with Crippen LogP contribution in [-0.4, -0.2) is 45.9 Å². The second-order valence-electron chi connectivity index (χ2n) is 4.78. The second kappa shape index (κ2) is 4.97. The zero-order chi connectivity index (χ0) is 13.2. The van der Waals surface area contributed by atoms with Crippen LogP contribution in [0, 0.1) is 6.92 Å². The molecule has 6 heteroatoms. The van der Waals surface area contributed by atoms with E-state index in [9.17, 15) is 0 Å². The molecule has 0 aliphatic carbocycles. The van der Waals surface area contributed by atoms with E-state index < -0.39 is 0 Å². The number of aromatic nitrogens is 4. The molecule has 1 N–H and O–H groups in total. The molecule has 1 fully saturated rings. The van der Waals surface area contributed by atoms with Crippen molar-refractivity contribution in [2.75, 3.05) is 31.1 Å². The zero-order valence-corrected chi connectivity index (χ0v) is 11.3. The first-order valence-electron chi connectivity index (χ1n) is 6.53. The van der Waals surface area contributed by atoms with Gasteiger partial charge in [-0.2, -0.15) is 5.10 Å². The van der Waals surface area contributed by atoms with Crippen molar-refractivity contribution in [2.24, 2.45) is 7.05 Å². The van der Waals surface area contributed by atoms with E-state index in [1.165, 1.54) is 0 Å². The lowest BCUT2D eigenvalue weighted by Crippen LogP contribution is -2.44. The lowest BCUT2D eigenvalue weighted by Gasteiger charge is -2.27. The molecule has 0 atom stereocenters. The predicted octanol–water partition coefficient (Wildman–Crippen LogP) is 0.595. The van der Waals surface area contributed by atoms with E-state index in [4.69, 9.17) is 0 Å². The first-order valence-corrected chi connectivity index (χ1v) is 6.53. The number of hydrogen-bond acceptors (Lipinski definition) is 5. The SMILES string of the molecule is Cc1nn(C)cc1-c1ccnc(N2CCNCC2)n1. The van der Waals surface area contributed by atoms with E-state index >= 15 is 0 Å². The average Bonchev–Trinajstić information content (AvgIpc) is 2.79. The number of piperazine rings is 1. The topological polar surface area (TPSA) is 58.9 Å². The van der Waals surface area contributed by atoms with Crippen LogP contribution >= 0.6 is 0 Å². The van der Waals surface area contributed by atoms with Crippen LogP contribution < -0.4 is 10.2 Å². The number of nitrogens with zero attached hydrogens (tertiary/aromatic N) is 5. The van der Waals surface area contributed by atoms with Gasteiger partial charge in [-0.25, -0.2) is 9.97 Å². The van der Waals surface area contributed by atoms with Crippen molar-refractivity contribution in [3.63, 3.8) is 0 Å². The van der Waals surface area contributed by atoms with Crippen LogP contribution in [0.5, 0.6) is 0 Å². The van der Waals surface area contributed by atoms with E-state index in [2.05, 4.69) is 25.3 Å². The molecule has 1 aliphatic rings. The molecule has 0 aromatic carbocycles. The van der Waals surface area contributed by atoms with Crippen molar-refractivity contribution < 1.29 is 0 Å². The predicted molar refractivity (Wildman–Crippen MR) is 74.1 cm³/mol. The van der Waals surface area contributed by atoms with E-state index in [0.29, 0.717) is 0 Å². The van der Waals surface area contributed by atoms with Crippen LogP contribution in [0.1, 0.15) is 5.69 Å². The van der Waals surface area contributed by atoms with Gasteiger partial charge in [-0.15, -0.1) is 0 Å². The summed E-state index contributed by atoms with van der Waals surface area (Å²) in [5.74, 6) is 0.808. The molecule has 0 amide bonds. The number of aryl methyl sites for hydroxylation is 2. The molecule has 2 aromatic rings. The van der Waals surface area contributed by atoms with Gasteiger partial charge in [0.15, 0.2) is 0 Å². The fourth-order valence-electron chi connectivity index (χ4n) is 2.37. The van der Waals surface area contributed by atoms with E-state index in [1.807, 2.05) is 37.1 Å². The van der Waals surface area contributed by atoms with E-state index in [1.54, 1.807) is 0 Å². The highest BCUT2D eigenvalue weighted by Crippen LogP contribution is 2.21. The van der Waals surface area contributed by atoms with Gasteiger partial charge in [-0.3, -0.25) is 4.68 Å². The smallest absolute Gasteiger partial charge is 0.225 e. The van der Waals surface area contributed by atoms with Gasteiger partial charge in [0.2, 0.25) is 5.95 Å². The summed E-state index contributed by atoms with van der Waals surface area (Å²) in [7, 11) is 1.93. The molecule has 6 nitrogen and oxygen atoms in total. The second-order valence-corrected chi connectivity index (χ2v) is 4.78. The molecule has 0 unspecified atom stereocenters. The quantitative estimate of drug-likeness (QED) is 0.854. The summed E-state index contributed by atoms with van der Waals surface area (Å²) in [6.45, 7) is 5.88. The average molecular weight is 258 g/mol. The maximum Gasteiger partial charge on any atom is 0.225 e. The minimum absolute atomic E-state index is 0.808. The molecule has 1 aliphatic heterocycles. The zero-order valence-electron chi connectivity index (χ0n) is 11.3. The number of anilines is 1. The maximum atomic E-state index is 4.67. The van der Waals surface area contributed by atoms with Gasteiger partial charge in [-0.1, -0.05) is 0 Å². The molecule has 0 bridgehead atoms. The third-order valence-corrected chi connectivity index (χ3v) is 3.33. The molecule has 0 spiro atoms. The fourth-order valence-corrected chi connectivity index (χ4v) is 2.37. The standard InChI is InChI=1S/C13H18N6/c1-10-11(9-18(2)17-10)12-3-4-15-13(16-12)19-7-5-14-6-8-19/h3-4,9,14H,5-8H2,1-2H3. The van der Waals surface area contributed by atoms with Gasteiger partial charge in [0.1, 0.15) is 0 Å². The summed E-state index contributed by atoms with van der Waals surface area (Å²) in [5, 5.41) is 7.69. The van der Waals surface area contributed by atoms with Gasteiger partial charge in [0, 0.05) is 51.2 Å². The first-order chi connectivity index (χ1) is 9.24. The molecule has 0 saturated carbocycles. The highest BCUT2D eigenvalue weighted by atomic mass is 15.3. The van der Waals surface area contributed by atoms with Gasteiger partial charge in [0.25, 0.3) is 0 Å². The Morgan fingerprint density at radius 2 is 2.05 bits per heavy atom. The molecule has 3 rings (SSSR count). The Morgan fingerprint density at radius 3 is 2.74 bits per heavy atom. The van der Waals surface area contributed by atoms with Crippen LogP contribution in [0.15, 0.2) is 18.5 Å². The fraction of sp³-hybridized carbons (Fsp3) is 0.462. The van der Waals surface area contributed by atoms with Crippen LogP contribution in [0.25, 0.3) is 11.3 Å². The summed E-state index contributed by atoms with van der Waals surface area (Å²) in [5.41, 5.74) is 3.00. The Morgan fingerprint density at radius 1 is 1.26 bits per heavy atom. The van der Waals surface area contributed by atoms with Crippen molar-refractivity contribution in [2.45, 2.75) is 6.92 Å². The molecular formula is C13H18N6. The summed E-state index contributed by atoms with van der Waals surface area (Å²) < 4.78 is 1.82. The third-order valence-electron chi connectivity index (χ3n) is 3.33. The van der Waals surface area contributed by atoms with Crippen LogP contribution in [0.3, 0.4) is 0 Å². The van der Waals surface area contributed by atoms with Crippen molar-refractivity contribution >= 4 is 5.95 Å². The Kier molecular flexibility index (Phi) is 3.16.